The number of hydrogen-bond acceptors (Lipinski definition) is 2. The smallest absolute Gasteiger partial charge is 0.303 e. The molecular formula is C17H22FNO3. The highest BCUT2D eigenvalue weighted by atomic mass is 19.1. The summed E-state index contributed by atoms with van der Waals surface area (Å²) < 4.78 is 14.2. The van der Waals surface area contributed by atoms with Crippen molar-refractivity contribution in [3.05, 3.63) is 35.6 Å². The standard InChI is InChI=1S/C17H22FNO3/c1-12(10-15(20)21)11-19-16(22)17(8-4-5-9-17)13-6-2-3-7-14(13)18/h2-3,6-7,12H,4-5,8-11H2,1H3,(H,19,22)(H,20,21). The molecule has 4 nitrogen and oxygen atoms in total. The lowest BCUT2D eigenvalue weighted by atomic mass is 9.77. The molecule has 0 aromatic heterocycles. The summed E-state index contributed by atoms with van der Waals surface area (Å²) >= 11 is 0. The number of nitrogens with one attached hydrogen (secondary N) is 1. The summed E-state index contributed by atoms with van der Waals surface area (Å²) in [5.74, 6) is -1.57. The molecular weight excluding hydrogens is 285 g/mol. The van der Waals surface area contributed by atoms with Crippen LogP contribution in [0.4, 0.5) is 4.39 Å². The van der Waals surface area contributed by atoms with Crippen LogP contribution in [-0.4, -0.2) is 23.5 Å². The Balaban J connectivity index is 2.13. The minimum atomic E-state index is -0.883. The van der Waals surface area contributed by atoms with Crippen molar-refractivity contribution >= 4 is 11.9 Å². The second kappa shape index (κ2) is 6.90. The van der Waals surface area contributed by atoms with Crippen molar-refractivity contribution in [3.8, 4) is 0 Å². The van der Waals surface area contributed by atoms with Gasteiger partial charge >= 0.3 is 5.97 Å². The highest BCUT2D eigenvalue weighted by molar-refractivity contribution is 5.88. The number of carboxylic acid groups (broad SMARTS) is 1. The second-order valence-electron chi connectivity index (χ2n) is 6.18. The number of benzene rings is 1. The van der Waals surface area contributed by atoms with Crippen molar-refractivity contribution < 1.29 is 19.1 Å². The first-order valence-electron chi connectivity index (χ1n) is 7.71. The van der Waals surface area contributed by atoms with Crippen molar-refractivity contribution in [2.75, 3.05) is 6.54 Å². The van der Waals surface area contributed by atoms with Crippen molar-refractivity contribution in [2.24, 2.45) is 5.92 Å². The van der Waals surface area contributed by atoms with Crippen LogP contribution < -0.4 is 5.32 Å². The Labute approximate surface area is 129 Å². The van der Waals surface area contributed by atoms with Gasteiger partial charge in [-0.2, -0.15) is 0 Å². The van der Waals surface area contributed by atoms with E-state index in [1.165, 1.54) is 6.07 Å². The first-order valence-corrected chi connectivity index (χ1v) is 7.71. The summed E-state index contributed by atoms with van der Waals surface area (Å²) in [6.45, 7) is 2.07. The van der Waals surface area contributed by atoms with E-state index in [2.05, 4.69) is 5.32 Å². The van der Waals surface area contributed by atoms with Crippen molar-refractivity contribution in [1.82, 2.24) is 5.32 Å². The van der Waals surface area contributed by atoms with Gasteiger partial charge in [-0.25, -0.2) is 4.39 Å². The Morgan fingerprint density at radius 2 is 1.95 bits per heavy atom. The molecule has 1 amide bonds. The van der Waals surface area contributed by atoms with E-state index in [9.17, 15) is 14.0 Å². The highest BCUT2D eigenvalue weighted by Crippen LogP contribution is 2.42. The van der Waals surface area contributed by atoms with Gasteiger partial charge in [0.2, 0.25) is 5.91 Å². The lowest BCUT2D eigenvalue weighted by Crippen LogP contribution is -2.44. The van der Waals surface area contributed by atoms with Gasteiger partial charge in [0.1, 0.15) is 5.82 Å². The largest absolute Gasteiger partial charge is 0.481 e. The van der Waals surface area contributed by atoms with E-state index in [1.54, 1.807) is 25.1 Å². The zero-order chi connectivity index (χ0) is 16.2. The number of aliphatic carboxylic acids is 1. The quantitative estimate of drug-likeness (QED) is 0.849. The first-order chi connectivity index (χ1) is 10.5. The van der Waals surface area contributed by atoms with Crippen LogP contribution in [0.5, 0.6) is 0 Å². The summed E-state index contributed by atoms with van der Waals surface area (Å²) in [6, 6.07) is 6.43. The fraction of sp³-hybridized carbons (Fsp3) is 0.529. The fourth-order valence-electron chi connectivity index (χ4n) is 3.25. The molecule has 120 valence electrons. The molecule has 1 saturated carbocycles. The molecule has 1 atom stereocenters. The van der Waals surface area contributed by atoms with E-state index < -0.39 is 11.4 Å². The van der Waals surface area contributed by atoms with E-state index in [0.717, 1.165) is 12.8 Å². The van der Waals surface area contributed by atoms with Gasteiger partial charge in [-0.1, -0.05) is 38.0 Å². The number of halogens is 1. The summed E-state index contributed by atoms with van der Waals surface area (Å²) in [5, 5.41) is 11.6. The first kappa shape index (κ1) is 16.5. The van der Waals surface area contributed by atoms with Crippen LogP contribution in [0, 0.1) is 11.7 Å². The van der Waals surface area contributed by atoms with E-state index >= 15 is 0 Å². The summed E-state index contributed by atoms with van der Waals surface area (Å²) in [6.07, 6.45) is 3.06. The molecule has 0 bridgehead atoms. The number of hydrogen-bond donors (Lipinski definition) is 2. The van der Waals surface area contributed by atoms with Crippen LogP contribution in [-0.2, 0) is 15.0 Å². The number of carbonyl (C=O) groups excluding carboxylic acids is 1. The van der Waals surface area contributed by atoms with Crippen LogP contribution in [0.2, 0.25) is 0 Å². The number of carboxylic acids is 1. The van der Waals surface area contributed by atoms with E-state index in [1.807, 2.05) is 0 Å². The number of carbonyl (C=O) groups is 2. The maximum atomic E-state index is 14.2. The topological polar surface area (TPSA) is 66.4 Å². The molecule has 0 saturated heterocycles. The van der Waals surface area contributed by atoms with Crippen LogP contribution in [0.25, 0.3) is 0 Å². The predicted molar refractivity (Wildman–Crippen MR) is 81.0 cm³/mol. The minimum absolute atomic E-state index is 0.00692. The molecule has 0 radical (unpaired) electrons. The lowest BCUT2D eigenvalue weighted by molar-refractivity contribution is -0.138. The van der Waals surface area contributed by atoms with Gasteiger partial charge in [-0.3, -0.25) is 9.59 Å². The maximum Gasteiger partial charge on any atom is 0.303 e. The normalized spacial score (nSPS) is 17.9. The van der Waals surface area contributed by atoms with E-state index in [0.29, 0.717) is 24.9 Å². The monoisotopic (exact) mass is 307 g/mol. The van der Waals surface area contributed by atoms with Gasteiger partial charge in [-0.15, -0.1) is 0 Å². The summed E-state index contributed by atoms with van der Waals surface area (Å²) in [4.78, 5) is 23.4. The average Bonchev–Trinajstić information content (AvgIpc) is 2.95. The summed E-state index contributed by atoms with van der Waals surface area (Å²) in [7, 11) is 0. The zero-order valence-electron chi connectivity index (χ0n) is 12.8. The number of amides is 1. The predicted octanol–water partition coefficient (Wildman–Crippen LogP) is 2.86. The van der Waals surface area contributed by atoms with Crippen LogP contribution in [0.15, 0.2) is 24.3 Å². The third-order valence-electron chi connectivity index (χ3n) is 4.42. The maximum absolute atomic E-state index is 14.2. The molecule has 1 unspecified atom stereocenters. The van der Waals surface area contributed by atoms with Crippen LogP contribution in [0.3, 0.4) is 0 Å². The molecule has 1 aliphatic rings. The average molecular weight is 307 g/mol. The molecule has 5 heteroatoms. The van der Waals surface area contributed by atoms with E-state index in [4.69, 9.17) is 5.11 Å². The highest BCUT2D eigenvalue weighted by Gasteiger charge is 2.44. The molecule has 0 aliphatic heterocycles. The fourth-order valence-corrected chi connectivity index (χ4v) is 3.25. The van der Waals surface area contributed by atoms with Crippen molar-refractivity contribution in [1.29, 1.82) is 0 Å². The molecule has 2 rings (SSSR count). The molecule has 0 heterocycles. The molecule has 1 aromatic rings. The van der Waals surface area contributed by atoms with Crippen molar-refractivity contribution in [2.45, 2.75) is 44.4 Å². The van der Waals surface area contributed by atoms with Gasteiger partial charge in [0.05, 0.1) is 5.41 Å². The van der Waals surface area contributed by atoms with Gasteiger partial charge < -0.3 is 10.4 Å². The third kappa shape index (κ3) is 3.46. The third-order valence-corrected chi connectivity index (χ3v) is 4.42. The van der Waals surface area contributed by atoms with Gasteiger partial charge in [0.15, 0.2) is 0 Å². The summed E-state index contributed by atoms with van der Waals surface area (Å²) in [5.41, 5.74) is -0.357. The molecule has 1 fully saturated rings. The Hall–Kier alpha value is -1.91. The van der Waals surface area contributed by atoms with E-state index in [-0.39, 0.29) is 24.1 Å². The molecule has 1 aromatic carbocycles. The van der Waals surface area contributed by atoms with Gasteiger partial charge in [0, 0.05) is 18.5 Å². The Kier molecular flexibility index (Phi) is 5.16. The van der Waals surface area contributed by atoms with Gasteiger partial charge in [-0.05, 0) is 24.8 Å². The molecule has 0 spiro atoms. The second-order valence-corrected chi connectivity index (χ2v) is 6.18. The molecule has 22 heavy (non-hydrogen) atoms. The van der Waals surface area contributed by atoms with Gasteiger partial charge in [0.25, 0.3) is 0 Å². The van der Waals surface area contributed by atoms with Crippen molar-refractivity contribution in [3.63, 3.8) is 0 Å². The van der Waals surface area contributed by atoms with Crippen LogP contribution >= 0.6 is 0 Å². The Morgan fingerprint density at radius 3 is 2.55 bits per heavy atom. The molecule has 1 aliphatic carbocycles. The lowest BCUT2D eigenvalue weighted by Gasteiger charge is -2.29. The SMILES string of the molecule is CC(CNC(=O)C1(c2ccccc2F)CCCC1)CC(=O)O. The number of rotatable bonds is 6. The molecule has 2 N–H and O–H groups in total. The zero-order valence-corrected chi connectivity index (χ0v) is 12.8. The Bertz CT molecular complexity index is 553. The van der Waals surface area contributed by atoms with Crippen LogP contribution in [0.1, 0.15) is 44.6 Å². The minimum Gasteiger partial charge on any atom is -0.481 e. The Morgan fingerprint density at radius 1 is 1.32 bits per heavy atom.